The molecular weight excluding hydrogens is 247 g/mol. The molecule has 0 N–H and O–H groups in total. The molecule has 1 aromatic rings. The number of hydrogen-bond acceptors (Lipinski definition) is 2. The molecule has 2 rings (SSSR count). The van der Waals surface area contributed by atoms with E-state index in [2.05, 4.69) is 0 Å². The van der Waals surface area contributed by atoms with Crippen LogP contribution in [0.3, 0.4) is 0 Å². The van der Waals surface area contributed by atoms with Crippen molar-refractivity contribution in [2.45, 2.75) is 28.8 Å². The fourth-order valence-electron chi connectivity index (χ4n) is 1.55. The van der Waals surface area contributed by atoms with Crippen molar-refractivity contribution >= 4 is 31.0 Å². The third-order valence-corrected chi connectivity index (χ3v) is 8.20. The Balaban J connectivity index is 1.91. The maximum absolute atomic E-state index is 11.7. The predicted molar refractivity (Wildman–Crippen MR) is 58.1 cm³/mol. The zero-order valence-electron chi connectivity index (χ0n) is 7.49. The van der Waals surface area contributed by atoms with E-state index in [9.17, 15) is 4.79 Å². The minimum absolute atomic E-state index is 0.405. The van der Waals surface area contributed by atoms with Crippen LogP contribution in [0.5, 0.6) is 0 Å². The number of hydrogen-bond donors (Lipinski definition) is 0. The molecule has 1 nitrogen and oxygen atoms in total. The second-order valence-electron chi connectivity index (χ2n) is 3.27. The molecule has 1 aliphatic rings. The Hall–Kier alpha value is -0.111. The van der Waals surface area contributed by atoms with Crippen LogP contribution in [-0.4, -0.2) is 19.7 Å². The molecule has 0 aliphatic carbocycles. The molecule has 2 heterocycles. The van der Waals surface area contributed by atoms with Gasteiger partial charge in [0.2, 0.25) is 0 Å². The van der Waals surface area contributed by atoms with Crippen LogP contribution in [0.25, 0.3) is 0 Å². The second-order valence-corrected chi connectivity index (χ2v) is 9.11. The van der Waals surface area contributed by atoms with Gasteiger partial charge in [0.25, 0.3) is 0 Å². The van der Waals surface area contributed by atoms with Gasteiger partial charge in [0.1, 0.15) is 0 Å². The Bertz CT molecular complexity index is 275. The summed E-state index contributed by atoms with van der Waals surface area (Å²) >= 11 is 1.09. The van der Waals surface area contributed by atoms with Crippen molar-refractivity contribution in [1.82, 2.24) is 0 Å². The van der Waals surface area contributed by atoms with E-state index in [1.54, 1.807) is 11.3 Å². The summed E-state index contributed by atoms with van der Waals surface area (Å²) in [4.78, 5) is 12.7. The Labute approximate surface area is 87.0 Å². The predicted octanol–water partition coefficient (Wildman–Crippen LogP) is 3.22. The van der Waals surface area contributed by atoms with Gasteiger partial charge in [0.05, 0.1) is 0 Å². The first kappa shape index (κ1) is 9.44. The van der Waals surface area contributed by atoms with Gasteiger partial charge >= 0.3 is 87.0 Å². The van der Waals surface area contributed by atoms with E-state index in [4.69, 9.17) is 0 Å². The number of carbonyl (C=O) groups excluding carboxylic acids is 1. The van der Waals surface area contributed by atoms with E-state index in [1.165, 1.54) is 23.5 Å². The van der Waals surface area contributed by atoms with E-state index < -0.39 is 13.9 Å². The zero-order valence-corrected chi connectivity index (χ0v) is 10.0. The van der Waals surface area contributed by atoms with Gasteiger partial charge in [0.15, 0.2) is 0 Å². The Morgan fingerprint density at radius 3 is 2.85 bits per heavy atom. The van der Waals surface area contributed by atoms with Gasteiger partial charge in [-0.2, -0.15) is 0 Å². The molecule has 1 aliphatic heterocycles. The average Bonchev–Trinajstić information content (AvgIpc) is 2.74. The number of thiophene rings is 1. The SMILES string of the molecule is O=C(C[Se+]1CCCC1)c1cccs1. The van der Waals surface area contributed by atoms with E-state index >= 15 is 0 Å². The minimum atomic E-state index is -0.496. The molecule has 1 fully saturated rings. The van der Waals surface area contributed by atoms with Crippen molar-refractivity contribution in [2.75, 3.05) is 0 Å². The summed E-state index contributed by atoms with van der Waals surface area (Å²) in [7, 11) is 0. The van der Waals surface area contributed by atoms with E-state index in [-0.39, 0.29) is 0 Å². The molecule has 0 radical (unpaired) electrons. The number of carbonyl (C=O) groups is 1. The first-order chi connectivity index (χ1) is 6.36. The zero-order chi connectivity index (χ0) is 9.10. The second kappa shape index (κ2) is 4.41. The Kier molecular flexibility index (Phi) is 3.20. The van der Waals surface area contributed by atoms with Gasteiger partial charge in [0, 0.05) is 0 Å². The van der Waals surface area contributed by atoms with Crippen molar-refractivity contribution < 1.29 is 4.79 Å². The summed E-state index contributed by atoms with van der Waals surface area (Å²) < 4.78 is 0. The van der Waals surface area contributed by atoms with Crippen molar-refractivity contribution in [2.24, 2.45) is 0 Å². The van der Waals surface area contributed by atoms with Gasteiger partial charge in [-0.1, -0.05) is 0 Å². The summed E-state index contributed by atoms with van der Waals surface area (Å²) in [6.07, 6.45) is 2.75. The van der Waals surface area contributed by atoms with Crippen LogP contribution in [0.4, 0.5) is 0 Å². The third kappa shape index (κ3) is 2.43. The molecule has 0 spiro atoms. The molecule has 0 unspecified atom stereocenters. The van der Waals surface area contributed by atoms with Crippen molar-refractivity contribution in [1.29, 1.82) is 0 Å². The Morgan fingerprint density at radius 2 is 2.23 bits per heavy atom. The van der Waals surface area contributed by atoms with E-state index in [1.807, 2.05) is 17.5 Å². The van der Waals surface area contributed by atoms with Gasteiger partial charge in [-0.3, -0.25) is 0 Å². The molecule has 3 heteroatoms. The van der Waals surface area contributed by atoms with Crippen LogP contribution in [0, 0.1) is 0 Å². The summed E-state index contributed by atoms with van der Waals surface area (Å²) in [5, 5.41) is 5.66. The van der Waals surface area contributed by atoms with Gasteiger partial charge in [-0.15, -0.1) is 0 Å². The summed E-state index contributed by atoms with van der Waals surface area (Å²) in [5.74, 6) is 0.405. The number of ketones is 1. The topological polar surface area (TPSA) is 17.1 Å². The average molecular weight is 260 g/mol. The molecule has 0 bridgehead atoms. The van der Waals surface area contributed by atoms with Crippen LogP contribution in [-0.2, 0) is 0 Å². The molecular formula is C10H13OSSe+. The van der Waals surface area contributed by atoms with Crippen LogP contribution < -0.4 is 0 Å². The van der Waals surface area contributed by atoms with Crippen molar-refractivity contribution in [3.63, 3.8) is 0 Å². The normalized spacial score (nSPS) is 17.8. The van der Waals surface area contributed by atoms with Crippen LogP contribution >= 0.6 is 11.3 Å². The molecule has 0 saturated carbocycles. The van der Waals surface area contributed by atoms with Crippen molar-refractivity contribution in [3.05, 3.63) is 22.4 Å². The van der Waals surface area contributed by atoms with E-state index in [0.29, 0.717) is 5.78 Å². The fourth-order valence-corrected chi connectivity index (χ4v) is 7.13. The molecule has 1 aromatic heterocycles. The van der Waals surface area contributed by atoms with Crippen molar-refractivity contribution in [3.8, 4) is 0 Å². The summed E-state index contributed by atoms with van der Waals surface area (Å²) in [6.45, 7) is 0. The maximum atomic E-state index is 11.7. The first-order valence-corrected chi connectivity index (χ1v) is 9.08. The molecule has 13 heavy (non-hydrogen) atoms. The van der Waals surface area contributed by atoms with Crippen LogP contribution in [0.15, 0.2) is 17.5 Å². The quantitative estimate of drug-likeness (QED) is 0.602. The van der Waals surface area contributed by atoms with Crippen LogP contribution in [0.2, 0.25) is 16.0 Å². The Morgan fingerprint density at radius 1 is 1.46 bits per heavy atom. The molecule has 70 valence electrons. The molecule has 0 atom stereocenters. The molecule has 0 aromatic carbocycles. The standard InChI is InChI=1S/C10H13OSSe/c11-9(10-4-3-5-12-10)8-13-6-1-2-7-13/h3-5H,1-2,6-8H2/q+1. The van der Waals surface area contributed by atoms with E-state index in [0.717, 1.165) is 10.2 Å². The molecule has 0 amide bonds. The third-order valence-electron chi connectivity index (χ3n) is 2.25. The summed E-state index contributed by atoms with van der Waals surface area (Å²) in [6, 6.07) is 3.92. The van der Waals surface area contributed by atoms with Gasteiger partial charge in [-0.05, 0) is 0 Å². The molecule has 1 saturated heterocycles. The fraction of sp³-hybridized carbons (Fsp3) is 0.500. The first-order valence-electron chi connectivity index (χ1n) is 4.57. The summed E-state index contributed by atoms with van der Waals surface area (Å²) in [5.41, 5.74) is 0. The number of rotatable bonds is 3. The monoisotopic (exact) mass is 261 g/mol. The van der Waals surface area contributed by atoms with Crippen LogP contribution in [0.1, 0.15) is 22.5 Å². The number of Topliss-reactive ketones (excluding diaryl/α,β-unsaturated/α-hetero) is 1. The van der Waals surface area contributed by atoms with Gasteiger partial charge in [-0.25, -0.2) is 0 Å². The van der Waals surface area contributed by atoms with Gasteiger partial charge < -0.3 is 0 Å².